The highest BCUT2D eigenvalue weighted by atomic mass is 35.5. The van der Waals surface area contributed by atoms with E-state index in [1.165, 1.54) is 18.4 Å². The third-order valence-corrected chi connectivity index (χ3v) is 7.31. The van der Waals surface area contributed by atoms with E-state index in [9.17, 15) is 19.5 Å². The third-order valence-electron chi connectivity index (χ3n) is 6.09. The molecule has 29 heavy (non-hydrogen) atoms. The highest BCUT2D eigenvalue weighted by Crippen LogP contribution is 2.53. The number of thiophene rings is 1. The molecule has 1 heterocycles. The molecule has 152 valence electrons. The van der Waals surface area contributed by atoms with Crippen LogP contribution < -0.4 is 5.32 Å². The number of fused-ring (bicyclic) bond motifs is 2. The second-order valence-electron chi connectivity index (χ2n) is 7.54. The molecule has 8 heteroatoms. The van der Waals surface area contributed by atoms with Gasteiger partial charge in [-0.25, -0.2) is 4.79 Å². The maximum absolute atomic E-state index is 13.0. The standard InChI is InChI=1S/C21H20ClNO5S/c1-28-21(27)17-13(12-4-2-3-5-14(12)22)9-29-19(17)23-18(24)15-10-6-7-11(8-10)16(15)20(25)26/h2-5,9-11,15-16H,6-8H2,1H3,(H,23,24)(H,25,26)/t10-,11+,15+,16+/m1/s1. The first-order chi connectivity index (χ1) is 13.9. The number of ether oxygens (including phenoxy) is 1. The first-order valence-electron chi connectivity index (χ1n) is 9.40. The lowest BCUT2D eigenvalue weighted by molar-refractivity contribution is -0.148. The van der Waals surface area contributed by atoms with Gasteiger partial charge in [0.2, 0.25) is 5.91 Å². The van der Waals surface area contributed by atoms with Crippen molar-refractivity contribution in [1.82, 2.24) is 0 Å². The largest absolute Gasteiger partial charge is 0.481 e. The van der Waals surface area contributed by atoms with Crippen LogP contribution in [0.2, 0.25) is 5.02 Å². The predicted octanol–water partition coefficient (Wildman–Crippen LogP) is 4.54. The number of carboxylic acid groups (broad SMARTS) is 1. The number of hydrogen-bond donors (Lipinski definition) is 2. The summed E-state index contributed by atoms with van der Waals surface area (Å²) in [7, 11) is 1.28. The van der Waals surface area contributed by atoms with Crippen LogP contribution in [0.5, 0.6) is 0 Å². The molecule has 2 bridgehead atoms. The number of carbonyl (C=O) groups is 3. The van der Waals surface area contributed by atoms with E-state index in [-0.39, 0.29) is 23.3 Å². The zero-order valence-electron chi connectivity index (χ0n) is 15.7. The quantitative estimate of drug-likeness (QED) is 0.675. The minimum atomic E-state index is -0.923. The van der Waals surface area contributed by atoms with Gasteiger partial charge in [-0.2, -0.15) is 0 Å². The van der Waals surface area contributed by atoms with Gasteiger partial charge in [0.25, 0.3) is 0 Å². The third kappa shape index (κ3) is 3.42. The van der Waals surface area contributed by atoms with Gasteiger partial charge in [0.15, 0.2) is 0 Å². The second kappa shape index (κ2) is 7.80. The minimum Gasteiger partial charge on any atom is -0.481 e. The smallest absolute Gasteiger partial charge is 0.341 e. The van der Waals surface area contributed by atoms with Crippen molar-refractivity contribution in [3.63, 3.8) is 0 Å². The molecule has 2 fully saturated rings. The second-order valence-corrected chi connectivity index (χ2v) is 8.82. The molecule has 0 aliphatic heterocycles. The van der Waals surface area contributed by atoms with Gasteiger partial charge in [0.05, 0.1) is 18.9 Å². The fraction of sp³-hybridized carbons (Fsp3) is 0.381. The van der Waals surface area contributed by atoms with Crippen molar-refractivity contribution in [1.29, 1.82) is 0 Å². The van der Waals surface area contributed by atoms with Gasteiger partial charge in [-0.3, -0.25) is 9.59 Å². The Morgan fingerprint density at radius 2 is 1.83 bits per heavy atom. The predicted molar refractivity (Wildman–Crippen MR) is 110 cm³/mol. The van der Waals surface area contributed by atoms with Crippen molar-refractivity contribution in [2.45, 2.75) is 19.3 Å². The number of halogens is 1. The van der Waals surface area contributed by atoms with Gasteiger partial charge in [0.1, 0.15) is 10.6 Å². The molecular formula is C21H20ClNO5S. The first-order valence-corrected chi connectivity index (χ1v) is 10.7. The molecule has 0 spiro atoms. The molecule has 6 nitrogen and oxygen atoms in total. The lowest BCUT2D eigenvalue weighted by Crippen LogP contribution is -2.37. The molecule has 1 amide bonds. The molecule has 0 unspecified atom stereocenters. The normalized spacial score (nSPS) is 25.0. The summed E-state index contributed by atoms with van der Waals surface area (Å²) in [6, 6.07) is 7.12. The fourth-order valence-corrected chi connectivity index (χ4v) is 6.04. The van der Waals surface area contributed by atoms with E-state index in [0.717, 1.165) is 19.3 Å². The van der Waals surface area contributed by atoms with Crippen LogP contribution in [0.4, 0.5) is 5.00 Å². The molecule has 4 rings (SSSR count). The highest BCUT2D eigenvalue weighted by Gasteiger charge is 2.54. The molecule has 1 aromatic carbocycles. The van der Waals surface area contributed by atoms with Crippen molar-refractivity contribution in [3.8, 4) is 11.1 Å². The maximum Gasteiger partial charge on any atom is 0.341 e. The number of hydrogen-bond acceptors (Lipinski definition) is 5. The van der Waals surface area contributed by atoms with E-state index >= 15 is 0 Å². The van der Waals surface area contributed by atoms with Crippen molar-refractivity contribution in [2.75, 3.05) is 12.4 Å². The van der Waals surface area contributed by atoms with Crippen LogP contribution in [0.15, 0.2) is 29.6 Å². The topological polar surface area (TPSA) is 92.7 Å². The molecule has 0 radical (unpaired) electrons. The molecule has 2 aromatic rings. The number of amides is 1. The Kier molecular flexibility index (Phi) is 5.36. The van der Waals surface area contributed by atoms with Crippen LogP contribution in [0, 0.1) is 23.7 Å². The van der Waals surface area contributed by atoms with Crippen molar-refractivity contribution in [3.05, 3.63) is 40.2 Å². The lowest BCUT2D eigenvalue weighted by atomic mass is 9.79. The monoisotopic (exact) mass is 433 g/mol. The van der Waals surface area contributed by atoms with Crippen LogP contribution in [-0.2, 0) is 14.3 Å². The summed E-state index contributed by atoms with van der Waals surface area (Å²) in [6.45, 7) is 0. The Morgan fingerprint density at radius 1 is 1.14 bits per heavy atom. The maximum atomic E-state index is 13.0. The minimum absolute atomic E-state index is 0.0512. The average Bonchev–Trinajstić information content (AvgIpc) is 3.42. The Labute approximate surface area is 176 Å². The molecule has 2 aliphatic carbocycles. The molecule has 4 atom stereocenters. The molecule has 2 aliphatic rings. The van der Waals surface area contributed by atoms with Crippen LogP contribution in [-0.4, -0.2) is 30.1 Å². The van der Waals surface area contributed by atoms with Gasteiger partial charge in [-0.05, 0) is 37.2 Å². The van der Waals surface area contributed by atoms with Crippen molar-refractivity contribution >= 4 is 45.8 Å². The van der Waals surface area contributed by atoms with Gasteiger partial charge >= 0.3 is 11.9 Å². The van der Waals surface area contributed by atoms with Gasteiger partial charge in [-0.15, -0.1) is 11.3 Å². The van der Waals surface area contributed by atoms with E-state index in [4.69, 9.17) is 16.3 Å². The summed E-state index contributed by atoms with van der Waals surface area (Å²) in [5, 5.41) is 15.0. The number of esters is 1. The lowest BCUT2D eigenvalue weighted by Gasteiger charge is -2.26. The Balaban J connectivity index is 1.67. The average molecular weight is 434 g/mol. The van der Waals surface area contributed by atoms with E-state index in [2.05, 4.69) is 5.32 Å². The van der Waals surface area contributed by atoms with Crippen molar-refractivity contribution in [2.24, 2.45) is 23.7 Å². The first kappa shape index (κ1) is 19.9. The molecule has 2 N–H and O–H groups in total. The number of nitrogens with one attached hydrogen (secondary N) is 1. The van der Waals surface area contributed by atoms with Crippen LogP contribution in [0.1, 0.15) is 29.6 Å². The zero-order chi connectivity index (χ0) is 20.7. The van der Waals surface area contributed by atoms with Gasteiger partial charge in [-0.1, -0.05) is 29.8 Å². The summed E-state index contributed by atoms with van der Waals surface area (Å²) in [5.74, 6) is -2.98. The van der Waals surface area contributed by atoms with Crippen LogP contribution in [0.3, 0.4) is 0 Å². The summed E-state index contributed by atoms with van der Waals surface area (Å²) < 4.78 is 4.93. The number of aliphatic carboxylic acids is 1. The Morgan fingerprint density at radius 3 is 2.48 bits per heavy atom. The summed E-state index contributed by atoms with van der Waals surface area (Å²) in [4.78, 5) is 37.3. The number of rotatable bonds is 5. The summed E-state index contributed by atoms with van der Waals surface area (Å²) >= 11 is 7.50. The number of benzene rings is 1. The van der Waals surface area contributed by atoms with E-state index in [1.54, 1.807) is 23.6 Å². The number of carbonyl (C=O) groups excluding carboxylic acids is 2. The zero-order valence-corrected chi connectivity index (χ0v) is 17.3. The highest BCUT2D eigenvalue weighted by molar-refractivity contribution is 7.15. The SMILES string of the molecule is COC(=O)c1c(-c2ccccc2Cl)csc1NC(=O)[C@H]1[C@@H]2CC[C@@H](C2)[C@@H]1C(=O)O. The molecular weight excluding hydrogens is 414 g/mol. The molecule has 1 aromatic heterocycles. The van der Waals surface area contributed by atoms with E-state index in [1.807, 2.05) is 6.07 Å². The summed E-state index contributed by atoms with van der Waals surface area (Å²) in [6.07, 6.45) is 2.49. The van der Waals surface area contributed by atoms with Gasteiger partial charge in [0, 0.05) is 21.5 Å². The number of carboxylic acids is 1. The molecule has 2 saturated carbocycles. The van der Waals surface area contributed by atoms with Gasteiger partial charge < -0.3 is 15.2 Å². The van der Waals surface area contributed by atoms with E-state index < -0.39 is 23.8 Å². The Hall–Kier alpha value is -2.38. The molecule has 0 saturated heterocycles. The fourth-order valence-electron chi connectivity index (χ4n) is 4.85. The van der Waals surface area contributed by atoms with Crippen LogP contribution in [0.25, 0.3) is 11.1 Å². The Bertz CT molecular complexity index is 987. The number of anilines is 1. The van der Waals surface area contributed by atoms with Crippen molar-refractivity contribution < 1.29 is 24.2 Å². The number of methoxy groups -OCH3 is 1. The van der Waals surface area contributed by atoms with E-state index in [0.29, 0.717) is 21.2 Å². The summed E-state index contributed by atoms with van der Waals surface area (Å²) in [5.41, 5.74) is 1.47. The van der Waals surface area contributed by atoms with Crippen LogP contribution >= 0.6 is 22.9 Å².